The molecule has 9 heteroatoms. The van der Waals surface area contributed by atoms with Crippen LogP contribution in [0.5, 0.6) is 5.75 Å². The van der Waals surface area contributed by atoms with Gasteiger partial charge in [0.1, 0.15) is 17.3 Å². The van der Waals surface area contributed by atoms with Crippen molar-refractivity contribution in [2.75, 3.05) is 6.61 Å². The Labute approximate surface area is 129 Å². The van der Waals surface area contributed by atoms with E-state index >= 15 is 0 Å². The number of hydrazine groups is 1. The van der Waals surface area contributed by atoms with Gasteiger partial charge in [-0.25, -0.2) is 9.37 Å². The maximum atomic E-state index is 12.8. The number of ether oxygens (including phenoxy) is 1. The zero-order chi connectivity index (χ0) is 15.9. The number of halogens is 2. The van der Waals surface area contributed by atoms with Crippen LogP contribution in [0.25, 0.3) is 0 Å². The minimum atomic E-state index is -0.627. The van der Waals surface area contributed by atoms with Crippen LogP contribution in [0.1, 0.15) is 10.5 Å². The number of aromatic nitrogens is 2. The highest BCUT2D eigenvalue weighted by Crippen LogP contribution is 2.24. The average molecular weight is 325 g/mol. The van der Waals surface area contributed by atoms with E-state index in [2.05, 4.69) is 20.8 Å². The number of rotatable bonds is 4. The highest BCUT2D eigenvalue weighted by molar-refractivity contribution is 6.32. The van der Waals surface area contributed by atoms with Gasteiger partial charge >= 0.3 is 0 Å². The average Bonchev–Trinajstić information content (AvgIpc) is 2.52. The lowest BCUT2D eigenvalue weighted by molar-refractivity contribution is -0.123. The summed E-state index contributed by atoms with van der Waals surface area (Å²) in [5, 5.41) is 0.0383. The zero-order valence-corrected chi connectivity index (χ0v) is 11.8. The Morgan fingerprint density at radius 3 is 2.77 bits per heavy atom. The first-order valence-electron chi connectivity index (χ1n) is 5.99. The molecule has 0 aliphatic rings. The molecule has 0 fully saturated rings. The van der Waals surface area contributed by atoms with E-state index in [1.165, 1.54) is 24.7 Å². The maximum absolute atomic E-state index is 12.8. The molecule has 0 spiro atoms. The second-order valence-corrected chi connectivity index (χ2v) is 4.36. The third kappa shape index (κ3) is 4.38. The van der Waals surface area contributed by atoms with Gasteiger partial charge in [-0.05, 0) is 18.2 Å². The fourth-order valence-electron chi connectivity index (χ4n) is 1.38. The Morgan fingerprint density at radius 2 is 2.09 bits per heavy atom. The summed E-state index contributed by atoms with van der Waals surface area (Å²) < 4.78 is 17.9. The van der Waals surface area contributed by atoms with Crippen molar-refractivity contribution >= 4 is 23.4 Å². The molecule has 0 aliphatic heterocycles. The van der Waals surface area contributed by atoms with Gasteiger partial charge in [0.15, 0.2) is 6.61 Å². The van der Waals surface area contributed by atoms with Gasteiger partial charge in [-0.15, -0.1) is 0 Å². The summed E-state index contributed by atoms with van der Waals surface area (Å²) in [6.45, 7) is -0.411. The molecule has 1 heterocycles. The number of benzene rings is 1. The van der Waals surface area contributed by atoms with Crippen LogP contribution in [0.4, 0.5) is 4.39 Å². The summed E-state index contributed by atoms with van der Waals surface area (Å²) in [4.78, 5) is 30.6. The predicted octanol–water partition coefficient (Wildman–Crippen LogP) is 1.11. The van der Waals surface area contributed by atoms with Crippen molar-refractivity contribution in [2.24, 2.45) is 0 Å². The van der Waals surface area contributed by atoms with E-state index in [0.717, 1.165) is 12.1 Å². The standard InChI is InChI=1S/C13H10ClFN4O3/c14-9-5-8(15)1-2-11(9)22-7-12(20)18-19-13(21)10-6-16-3-4-17-10/h1-6H,7H2,(H,18,20)(H,19,21). The first kappa shape index (κ1) is 15.6. The normalized spacial score (nSPS) is 9.91. The SMILES string of the molecule is O=C(COc1ccc(F)cc1Cl)NNC(=O)c1cnccn1. The van der Waals surface area contributed by atoms with Gasteiger partial charge in [0.2, 0.25) is 0 Å². The van der Waals surface area contributed by atoms with Gasteiger partial charge < -0.3 is 4.74 Å². The van der Waals surface area contributed by atoms with E-state index in [1.54, 1.807) is 0 Å². The number of amides is 2. The van der Waals surface area contributed by atoms with Gasteiger partial charge in [-0.1, -0.05) is 11.6 Å². The van der Waals surface area contributed by atoms with Crippen LogP contribution in [-0.4, -0.2) is 28.4 Å². The van der Waals surface area contributed by atoms with E-state index in [-0.39, 0.29) is 16.5 Å². The Bertz CT molecular complexity index is 684. The maximum Gasteiger partial charge on any atom is 0.289 e. The second-order valence-electron chi connectivity index (χ2n) is 3.96. The summed E-state index contributed by atoms with van der Waals surface area (Å²) in [6, 6.07) is 3.50. The molecular formula is C13H10ClFN4O3. The van der Waals surface area contributed by atoms with Crippen LogP contribution in [0.3, 0.4) is 0 Å². The smallest absolute Gasteiger partial charge is 0.289 e. The molecule has 0 saturated heterocycles. The summed E-state index contributed by atoms with van der Waals surface area (Å²) >= 11 is 5.74. The van der Waals surface area contributed by atoms with Crippen LogP contribution in [0.2, 0.25) is 5.02 Å². The van der Waals surface area contributed by atoms with Gasteiger partial charge in [-0.3, -0.25) is 25.4 Å². The number of nitrogens with one attached hydrogen (secondary N) is 2. The molecule has 1 aromatic heterocycles. The fourth-order valence-corrected chi connectivity index (χ4v) is 1.60. The zero-order valence-electron chi connectivity index (χ0n) is 11.0. The van der Waals surface area contributed by atoms with Crippen molar-refractivity contribution < 1.29 is 18.7 Å². The van der Waals surface area contributed by atoms with Gasteiger partial charge in [0.25, 0.3) is 11.8 Å². The second kappa shape index (κ2) is 7.32. The van der Waals surface area contributed by atoms with E-state index in [4.69, 9.17) is 16.3 Å². The van der Waals surface area contributed by atoms with Gasteiger partial charge in [0.05, 0.1) is 11.2 Å². The first-order valence-corrected chi connectivity index (χ1v) is 6.37. The van der Waals surface area contributed by atoms with E-state index < -0.39 is 24.2 Å². The van der Waals surface area contributed by atoms with Crippen molar-refractivity contribution in [3.05, 3.63) is 53.3 Å². The molecule has 1 aromatic carbocycles. The van der Waals surface area contributed by atoms with Crippen LogP contribution in [0, 0.1) is 5.82 Å². The van der Waals surface area contributed by atoms with Crippen molar-refractivity contribution in [2.45, 2.75) is 0 Å². The Morgan fingerprint density at radius 1 is 1.27 bits per heavy atom. The van der Waals surface area contributed by atoms with E-state index in [0.29, 0.717) is 0 Å². The van der Waals surface area contributed by atoms with Crippen molar-refractivity contribution in [1.82, 2.24) is 20.8 Å². The molecule has 0 aliphatic carbocycles. The number of carbonyl (C=O) groups is 2. The fraction of sp³-hybridized carbons (Fsp3) is 0.0769. The van der Waals surface area contributed by atoms with Crippen molar-refractivity contribution in [1.29, 1.82) is 0 Å². The molecule has 0 bridgehead atoms. The number of hydrogen-bond acceptors (Lipinski definition) is 5. The van der Waals surface area contributed by atoms with Crippen LogP contribution in [0.15, 0.2) is 36.8 Å². The Balaban J connectivity index is 1.80. The quantitative estimate of drug-likeness (QED) is 0.822. The summed E-state index contributed by atoms with van der Waals surface area (Å²) in [5.41, 5.74) is 4.32. The molecule has 22 heavy (non-hydrogen) atoms. The minimum absolute atomic E-state index is 0.0383. The third-order valence-electron chi connectivity index (χ3n) is 2.36. The van der Waals surface area contributed by atoms with Crippen LogP contribution >= 0.6 is 11.6 Å². The molecule has 2 amide bonds. The Hall–Kier alpha value is -2.74. The summed E-state index contributed by atoms with van der Waals surface area (Å²) in [7, 11) is 0. The molecule has 0 saturated carbocycles. The molecule has 2 aromatic rings. The number of nitrogens with zero attached hydrogens (tertiary/aromatic N) is 2. The molecular weight excluding hydrogens is 315 g/mol. The number of carbonyl (C=O) groups excluding carboxylic acids is 2. The predicted molar refractivity (Wildman–Crippen MR) is 74.5 cm³/mol. The monoisotopic (exact) mass is 324 g/mol. The topological polar surface area (TPSA) is 93.2 Å². The van der Waals surface area contributed by atoms with Crippen molar-refractivity contribution in [3.8, 4) is 5.75 Å². The molecule has 7 nitrogen and oxygen atoms in total. The van der Waals surface area contributed by atoms with Gasteiger partial charge in [0, 0.05) is 12.4 Å². The molecule has 2 rings (SSSR count). The van der Waals surface area contributed by atoms with Crippen LogP contribution in [-0.2, 0) is 4.79 Å². The molecule has 2 N–H and O–H groups in total. The highest BCUT2D eigenvalue weighted by atomic mass is 35.5. The summed E-state index contributed by atoms with van der Waals surface area (Å²) in [5.74, 6) is -1.62. The van der Waals surface area contributed by atoms with E-state index in [1.807, 2.05) is 0 Å². The van der Waals surface area contributed by atoms with Crippen LogP contribution < -0.4 is 15.6 Å². The lowest BCUT2D eigenvalue weighted by Gasteiger charge is -2.09. The highest BCUT2D eigenvalue weighted by Gasteiger charge is 2.10. The molecule has 114 valence electrons. The number of hydrogen-bond donors (Lipinski definition) is 2. The Kier molecular flexibility index (Phi) is 5.21. The van der Waals surface area contributed by atoms with E-state index in [9.17, 15) is 14.0 Å². The largest absolute Gasteiger partial charge is 0.482 e. The lowest BCUT2D eigenvalue weighted by atomic mass is 10.3. The first-order chi connectivity index (χ1) is 10.6. The molecule has 0 radical (unpaired) electrons. The third-order valence-corrected chi connectivity index (χ3v) is 2.66. The van der Waals surface area contributed by atoms with Crippen molar-refractivity contribution in [3.63, 3.8) is 0 Å². The molecule has 0 atom stereocenters. The summed E-state index contributed by atoms with van der Waals surface area (Å²) in [6.07, 6.45) is 4.00. The van der Waals surface area contributed by atoms with Gasteiger partial charge in [-0.2, -0.15) is 0 Å². The lowest BCUT2D eigenvalue weighted by Crippen LogP contribution is -2.44. The molecule has 0 unspecified atom stereocenters. The minimum Gasteiger partial charge on any atom is -0.482 e.